The van der Waals surface area contributed by atoms with Crippen molar-refractivity contribution in [2.24, 2.45) is 11.7 Å². The van der Waals surface area contributed by atoms with Gasteiger partial charge in [0.15, 0.2) is 0 Å². The Labute approximate surface area is 97.7 Å². The Kier molecular flexibility index (Phi) is 5.96. The SMILES string of the molecule is CC(CS(C)(=O)=O)NC(=O)CC(N)C(C)C. The van der Waals surface area contributed by atoms with Crippen LogP contribution in [0.5, 0.6) is 0 Å². The number of nitrogens with one attached hydrogen (secondary N) is 1. The molecule has 0 spiro atoms. The average Bonchev–Trinajstić information content (AvgIpc) is 1.98. The van der Waals surface area contributed by atoms with Crippen molar-refractivity contribution in [2.75, 3.05) is 12.0 Å². The van der Waals surface area contributed by atoms with Crippen LogP contribution in [0.25, 0.3) is 0 Å². The summed E-state index contributed by atoms with van der Waals surface area (Å²) >= 11 is 0. The fourth-order valence-corrected chi connectivity index (χ4v) is 2.27. The lowest BCUT2D eigenvalue weighted by Gasteiger charge is -2.17. The lowest BCUT2D eigenvalue weighted by Crippen LogP contribution is -2.41. The maximum atomic E-state index is 11.5. The van der Waals surface area contributed by atoms with E-state index in [9.17, 15) is 13.2 Å². The van der Waals surface area contributed by atoms with Gasteiger partial charge in [-0.15, -0.1) is 0 Å². The van der Waals surface area contributed by atoms with Gasteiger partial charge in [-0.3, -0.25) is 4.79 Å². The van der Waals surface area contributed by atoms with Gasteiger partial charge in [-0.1, -0.05) is 13.8 Å². The Morgan fingerprint density at radius 3 is 2.19 bits per heavy atom. The van der Waals surface area contributed by atoms with Gasteiger partial charge in [0.1, 0.15) is 9.84 Å². The molecule has 0 saturated heterocycles. The second-order valence-corrected chi connectivity index (χ2v) is 6.86. The second kappa shape index (κ2) is 6.20. The van der Waals surface area contributed by atoms with Crippen LogP contribution in [0.15, 0.2) is 0 Å². The molecule has 0 aromatic rings. The maximum absolute atomic E-state index is 11.5. The van der Waals surface area contributed by atoms with Crippen molar-refractivity contribution in [1.82, 2.24) is 5.32 Å². The normalized spacial score (nSPS) is 15.9. The summed E-state index contributed by atoms with van der Waals surface area (Å²) in [5, 5.41) is 2.62. The van der Waals surface area contributed by atoms with E-state index in [1.807, 2.05) is 13.8 Å². The number of hydrogen-bond donors (Lipinski definition) is 2. The van der Waals surface area contributed by atoms with Crippen molar-refractivity contribution in [1.29, 1.82) is 0 Å². The Morgan fingerprint density at radius 1 is 1.31 bits per heavy atom. The standard InChI is InChI=1S/C10H22N2O3S/c1-7(2)9(11)5-10(13)12-8(3)6-16(4,14)15/h7-9H,5-6,11H2,1-4H3,(H,12,13). The molecule has 2 atom stereocenters. The number of rotatable bonds is 6. The zero-order chi connectivity index (χ0) is 12.9. The number of carbonyl (C=O) groups is 1. The minimum atomic E-state index is -3.06. The van der Waals surface area contributed by atoms with Crippen LogP contribution in [0.4, 0.5) is 0 Å². The van der Waals surface area contributed by atoms with Gasteiger partial charge in [0.25, 0.3) is 0 Å². The molecule has 0 radical (unpaired) electrons. The summed E-state index contributed by atoms with van der Waals surface area (Å²) in [7, 11) is -3.06. The number of carbonyl (C=O) groups excluding carboxylic acids is 1. The van der Waals surface area contributed by atoms with Crippen LogP contribution in [-0.2, 0) is 14.6 Å². The first-order valence-electron chi connectivity index (χ1n) is 5.34. The van der Waals surface area contributed by atoms with E-state index in [1.165, 1.54) is 0 Å². The third-order valence-electron chi connectivity index (χ3n) is 2.24. The molecule has 0 bridgehead atoms. The summed E-state index contributed by atoms with van der Waals surface area (Å²) in [6.07, 6.45) is 1.38. The van der Waals surface area contributed by atoms with Crippen LogP contribution >= 0.6 is 0 Å². The molecule has 0 aliphatic heterocycles. The molecule has 0 heterocycles. The van der Waals surface area contributed by atoms with Gasteiger partial charge < -0.3 is 11.1 Å². The Balaban J connectivity index is 4.06. The molecule has 0 rings (SSSR count). The fourth-order valence-electron chi connectivity index (χ4n) is 1.28. The molecule has 3 N–H and O–H groups in total. The molecule has 0 fully saturated rings. The average molecular weight is 250 g/mol. The molecule has 0 aromatic carbocycles. The Bertz CT molecular complexity index is 325. The predicted molar refractivity (Wildman–Crippen MR) is 64.7 cm³/mol. The highest BCUT2D eigenvalue weighted by Gasteiger charge is 2.16. The molecule has 5 nitrogen and oxygen atoms in total. The molecular weight excluding hydrogens is 228 g/mol. The minimum Gasteiger partial charge on any atom is -0.353 e. The Morgan fingerprint density at radius 2 is 1.81 bits per heavy atom. The van der Waals surface area contributed by atoms with Gasteiger partial charge in [0.05, 0.1) is 5.75 Å². The van der Waals surface area contributed by atoms with E-state index in [2.05, 4.69) is 5.32 Å². The van der Waals surface area contributed by atoms with Crippen LogP contribution in [0.3, 0.4) is 0 Å². The number of sulfone groups is 1. The highest BCUT2D eigenvalue weighted by atomic mass is 32.2. The van der Waals surface area contributed by atoms with E-state index in [-0.39, 0.29) is 36.1 Å². The second-order valence-electron chi connectivity index (χ2n) is 4.67. The van der Waals surface area contributed by atoms with Gasteiger partial charge in [-0.05, 0) is 12.8 Å². The first-order valence-corrected chi connectivity index (χ1v) is 7.40. The molecule has 1 amide bonds. The van der Waals surface area contributed by atoms with Crippen molar-refractivity contribution in [3.8, 4) is 0 Å². The van der Waals surface area contributed by atoms with E-state index in [0.717, 1.165) is 6.26 Å². The zero-order valence-corrected chi connectivity index (χ0v) is 11.2. The molecule has 0 aliphatic carbocycles. The first-order chi connectivity index (χ1) is 7.11. The summed E-state index contributed by atoms with van der Waals surface area (Å²) in [5.41, 5.74) is 5.74. The minimum absolute atomic E-state index is 0.0460. The molecule has 6 heteroatoms. The van der Waals surface area contributed by atoms with Gasteiger partial charge >= 0.3 is 0 Å². The number of nitrogens with two attached hydrogens (primary N) is 1. The zero-order valence-electron chi connectivity index (χ0n) is 10.4. The summed E-state index contributed by atoms with van der Waals surface area (Å²) in [6, 6.07) is -0.563. The topological polar surface area (TPSA) is 89.3 Å². The summed E-state index contributed by atoms with van der Waals surface area (Å²) in [4.78, 5) is 11.5. The van der Waals surface area contributed by atoms with Crippen LogP contribution in [0, 0.1) is 5.92 Å². The molecule has 96 valence electrons. The van der Waals surface area contributed by atoms with Gasteiger partial charge in [0.2, 0.25) is 5.91 Å². The first kappa shape index (κ1) is 15.4. The van der Waals surface area contributed by atoms with E-state index in [0.29, 0.717) is 0 Å². The van der Waals surface area contributed by atoms with Crippen LogP contribution < -0.4 is 11.1 Å². The molecular formula is C10H22N2O3S. The molecule has 0 aromatic heterocycles. The largest absolute Gasteiger partial charge is 0.353 e. The number of amides is 1. The van der Waals surface area contributed by atoms with Crippen molar-refractivity contribution < 1.29 is 13.2 Å². The molecule has 2 unspecified atom stereocenters. The van der Waals surface area contributed by atoms with Gasteiger partial charge in [-0.2, -0.15) is 0 Å². The molecule has 0 aliphatic rings. The number of hydrogen-bond acceptors (Lipinski definition) is 4. The van der Waals surface area contributed by atoms with Crippen LogP contribution in [0.1, 0.15) is 27.2 Å². The lowest BCUT2D eigenvalue weighted by atomic mass is 10.0. The van der Waals surface area contributed by atoms with E-state index in [1.54, 1.807) is 6.92 Å². The van der Waals surface area contributed by atoms with Crippen molar-refractivity contribution in [3.63, 3.8) is 0 Å². The summed E-state index contributed by atoms with van der Waals surface area (Å²) in [6.45, 7) is 5.55. The third kappa shape index (κ3) is 7.64. The third-order valence-corrected chi connectivity index (χ3v) is 3.34. The highest BCUT2D eigenvalue weighted by molar-refractivity contribution is 7.90. The van der Waals surface area contributed by atoms with Crippen LogP contribution in [0.2, 0.25) is 0 Å². The van der Waals surface area contributed by atoms with E-state index < -0.39 is 9.84 Å². The summed E-state index contributed by atoms with van der Waals surface area (Å²) < 4.78 is 22.0. The quantitative estimate of drug-likeness (QED) is 0.689. The van der Waals surface area contributed by atoms with Gasteiger partial charge in [-0.25, -0.2) is 8.42 Å². The highest BCUT2D eigenvalue weighted by Crippen LogP contribution is 2.02. The van der Waals surface area contributed by atoms with Crippen LogP contribution in [-0.4, -0.2) is 38.4 Å². The molecule has 0 saturated carbocycles. The summed E-state index contributed by atoms with van der Waals surface area (Å²) in [5.74, 6) is -0.0105. The lowest BCUT2D eigenvalue weighted by molar-refractivity contribution is -0.122. The smallest absolute Gasteiger partial charge is 0.221 e. The van der Waals surface area contributed by atoms with E-state index >= 15 is 0 Å². The molecule has 16 heavy (non-hydrogen) atoms. The maximum Gasteiger partial charge on any atom is 0.221 e. The fraction of sp³-hybridized carbons (Fsp3) is 0.900. The predicted octanol–water partition coefficient (Wildman–Crippen LogP) is -0.0909. The van der Waals surface area contributed by atoms with Crippen molar-refractivity contribution in [3.05, 3.63) is 0 Å². The van der Waals surface area contributed by atoms with Crippen molar-refractivity contribution >= 4 is 15.7 Å². The van der Waals surface area contributed by atoms with Crippen molar-refractivity contribution in [2.45, 2.75) is 39.3 Å². The monoisotopic (exact) mass is 250 g/mol. The Hall–Kier alpha value is -0.620. The van der Waals surface area contributed by atoms with E-state index in [4.69, 9.17) is 5.73 Å². The van der Waals surface area contributed by atoms with Gasteiger partial charge in [0, 0.05) is 24.8 Å².